The minimum atomic E-state index is -1.06. The average molecular weight is 320 g/mol. The summed E-state index contributed by atoms with van der Waals surface area (Å²) in [6.07, 6.45) is 0.484. The van der Waals surface area contributed by atoms with Crippen molar-refractivity contribution in [1.29, 1.82) is 0 Å². The van der Waals surface area contributed by atoms with Gasteiger partial charge in [-0.2, -0.15) is 0 Å². The molecule has 0 fully saturated rings. The Morgan fingerprint density at radius 1 is 1.45 bits per heavy atom. The maximum Gasteiger partial charge on any atom is 0.270 e. The smallest absolute Gasteiger partial charge is 0.270 e. The molecule has 0 amide bonds. The van der Waals surface area contributed by atoms with E-state index in [1.807, 2.05) is 17.3 Å². The van der Waals surface area contributed by atoms with E-state index < -0.39 is 10.9 Å². The number of thiazole rings is 1. The van der Waals surface area contributed by atoms with E-state index in [2.05, 4.69) is 4.98 Å². The molecule has 0 radical (unpaired) electrons. The molecular formula is C14H14N3O4S-. The van der Waals surface area contributed by atoms with E-state index in [1.165, 1.54) is 23.5 Å². The highest BCUT2D eigenvalue weighted by Gasteiger charge is 2.11. The molecule has 0 aliphatic carbocycles. The van der Waals surface area contributed by atoms with Crippen LogP contribution in [0, 0.1) is 10.1 Å². The molecule has 0 saturated heterocycles. The Balaban J connectivity index is 2.09. The maximum atomic E-state index is 10.8. The number of nitro benzene ring substituents is 1. The molecule has 1 heterocycles. The molecule has 0 unspecified atom stereocenters. The largest absolute Gasteiger partial charge is 0.550 e. The summed E-state index contributed by atoms with van der Waals surface area (Å²) < 4.78 is 0. The summed E-state index contributed by atoms with van der Waals surface area (Å²) in [6.45, 7) is 0.551. The van der Waals surface area contributed by atoms with E-state index in [-0.39, 0.29) is 12.1 Å². The van der Waals surface area contributed by atoms with Gasteiger partial charge in [0.05, 0.1) is 10.6 Å². The molecule has 0 saturated carbocycles. The zero-order valence-corrected chi connectivity index (χ0v) is 12.7. The summed E-state index contributed by atoms with van der Waals surface area (Å²) in [5, 5.41) is 23.8. The normalized spacial score (nSPS) is 10.4. The van der Waals surface area contributed by atoms with Crippen LogP contribution in [0.5, 0.6) is 0 Å². The summed E-state index contributed by atoms with van der Waals surface area (Å²) in [4.78, 5) is 27.0. The second kappa shape index (κ2) is 6.99. The van der Waals surface area contributed by atoms with Crippen LogP contribution in [0.15, 0.2) is 29.6 Å². The summed E-state index contributed by atoms with van der Waals surface area (Å²) in [5.41, 5.74) is 1.37. The highest BCUT2D eigenvalue weighted by atomic mass is 32.1. The topological polar surface area (TPSA) is 99.4 Å². The van der Waals surface area contributed by atoms with Crippen molar-refractivity contribution in [3.63, 3.8) is 0 Å². The first-order valence-electron chi connectivity index (χ1n) is 6.58. The Labute approximate surface area is 131 Å². The first-order chi connectivity index (χ1) is 10.5. The average Bonchev–Trinajstić information content (AvgIpc) is 2.96. The van der Waals surface area contributed by atoms with Crippen molar-refractivity contribution in [2.24, 2.45) is 0 Å². The second-order valence-electron chi connectivity index (χ2n) is 4.72. The fourth-order valence-electron chi connectivity index (χ4n) is 1.91. The number of aliphatic carboxylic acids is 1. The Morgan fingerprint density at radius 2 is 2.23 bits per heavy atom. The first kappa shape index (κ1) is 15.9. The van der Waals surface area contributed by atoms with Gasteiger partial charge in [-0.3, -0.25) is 10.1 Å². The van der Waals surface area contributed by atoms with Gasteiger partial charge in [0.15, 0.2) is 5.13 Å². The van der Waals surface area contributed by atoms with Gasteiger partial charge in [-0.05, 0) is 12.8 Å². The summed E-state index contributed by atoms with van der Waals surface area (Å²) in [5.74, 6) is -1.06. The van der Waals surface area contributed by atoms with Crippen LogP contribution in [0.25, 0.3) is 11.3 Å². The van der Waals surface area contributed by atoms with Crippen LogP contribution in [0.3, 0.4) is 0 Å². The third-order valence-corrected chi connectivity index (χ3v) is 4.00. The Kier molecular flexibility index (Phi) is 5.05. The lowest BCUT2D eigenvalue weighted by Gasteiger charge is -2.15. The molecule has 8 heteroatoms. The molecule has 0 aliphatic heterocycles. The summed E-state index contributed by atoms with van der Waals surface area (Å²) >= 11 is 1.41. The van der Waals surface area contributed by atoms with Crippen LogP contribution >= 0.6 is 11.3 Å². The lowest BCUT2D eigenvalue weighted by molar-refractivity contribution is -0.384. The molecule has 22 heavy (non-hydrogen) atoms. The number of hydrogen-bond acceptors (Lipinski definition) is 7. The van der Waals surface area contributed by atoms with Gasteiger partial charge in [0.1, 0.15) is 0 Å². The first-order valence-corrected chi connectivity index (χ1v) is 7.46. The molecule has 0 atom stereocenters. The summed E-state index contributed by atoms with van der Waals surface area (Å²) in [7, 11) is 1.82. The van der Waals surface area contributed by atoms with Crippen molar-refractivity contribution >= 4 is 28.1 Å². The zero-order valence-electron chi connectivity index (χ0n) is 11.9. The van der Waals surface area contributed by atoms with Crippen molar-refractivity contribution in [1.82, 2.24) is 4.98 Å². The molecule has 0 bridgehead atoms. The lowest BCUT2D eigenvalue weighted by Crippen LogP contribution is -2.25. The number of aromatic nitrogens is 1. The number of carbonyl (C=O) groups excluding carboxylic acids is 1. The van der Waals surface area contributed by atoms with Crippen LogP contribution in [-0.2, 0) is 4.79 Å². The fraction of sp³-hybridized carbons (Fsp3) is 0.286. The minimum Gasteiger partial charge on any atom is -0.550 e. The van der Waals surface area contributed by atoms with Gasteiger partial charge in [0.25, 0.3) is 5.69 Å². The number of non-ortho nitro benzene ring substituents is 1. The molecule has 0 aliphatic rings. The number of carboxylic acids is 1. The van der Waals surface area contributed by atoms with Crippen LogP contribution in [0.1, 0.15) is 12.8 Å². The Hall–Kier alpha value is -2.48. The molecular weight excluding hydrogens is 306 g/mol. The van der Waals surface area contributed by atoms with E-state index >= 15 is 0 Å². The zero-order chi connectivity index (χ0) is 16.1. The van der Waals surface area contributed by atoms with Crippen LogP contribution < -0.4 is 10.0 Å². The SMILES string of the molecule is CN(CCCC(=O)[O-])c1nc(-c2cccc([N+](=O)[O-])c2)cs1. The Bertz CT molecular complexity index is 686. The van der Waals surface area contributed by atoms with Gasteiger partial charge in [0.2, 0.25) is 0 Å². The van der Waals surface area contributed by atoms with Crippen molar-refractivity contribution in [3.8, 4) is 11.3 Å². The van der Waals surface area contributed by atoms with E-state index in [0.717, 1.165) is 5.13 Å². The number of carbonyl (C=O) groups is 1. The molecule has 0 N–H and O–H groups in total. The number of nitro groups is 1. The predicted molar refractivity (Wildman–Crippen MR) is 81.7 cm³/mol. The third-order valence-electron chi connectivity index (χ3n) is 3.05. The van der Waals surface area contributed by atoms with Gasteiger partial charge < -0.3 is 14.8 Å². The van der Waals surface area contributed by atoms with Crippen molar-refractivity contribution < 1.29 is 14.8 Å². The molecule has 116 valence electrons. The number of nitrogens with zero attached hydrogens (tertiary/aromatic N) is 3. The fourth-order valence-corrected chi connectivity index (χ4v) is 2.74. The van der Waals surface area contributed by atoms with E-state index in [1.54, 1.807) is 12.1 Å². The van der Waals surface area contributed by atoms with Gasteiger partial charge in [-0.1, -0.05) is 12.1 Å². The van der Waals surface area contributed by atoms with Gasteiger partial charge >= 0.3 is 0 Å². The van der Waals surface area contributed by atoms with Crippen LogP contribution in [-0.4, -0.2) is 29.5 Å². The maximum absolute atomic E-state index is 10.8. The number of benzene rings is 1. The predicted octanol–water partition coefficient (Wildman–Crippen LogP) is 1.68. The Morgan fingerprint density at radius 3 is 2.91 bits per heavy atom. The molecule has 1 aromatic heterocycles. The number of rotatable bonds is 7. The van der Waals surface area contributed by atoms with E-state index in [0.29, 0.717) is 24.2 Å². The number of hydrogen-bond donors (Lipinski definition) is 0. The van der Waals surface area contributed by atoms with Crippen molar-refractivity contribution in [2.75, 3.05) is 18.5 Å². The standard InChI is InChI=1S/C14H15N3O4S/c1-16(7-3-6-13(18)19)14-15-12(9-22-14)10-4-2-5-11(8-10)17(20)21/h2,4-5,8-9H,3,6-7H2,1H3,(H,18,19)/p-1. The van der Waals surface area contributed by atoms with E-state index in [4.69, 9.17) is 0 Å². The molecule has 2 rings (SSSR count). The van der Waals surface area contributed by atoms with Gasteiger partial charge in [-0.25, -0.2) is 4.98 Å². The molecule has 7 nitrogen and oxygen atoms in total. The molecule has 0 spiro atoms. The van der Waals surface area contributed by atoms with Crippen molar-refractivity contribution in [3.05, 3.63) is 39.8 Å². The second-order valence-corrected chi connectivity index (χ2v) is 5.56. The third kappa shape index (κ3) is 4.01. The van der Waals surface area contributed by atoms with Crippen LogP contribution in [0.2, 0.25) is 0 Å². The van der Waals surface area contributed by atoms with Gasteiger partial charge in [-0.15, -0.1) is 11.3 Å². The van der Waals surface area contributed by atoms with Gasteiger partial charge in [0, 0.05) is 42.6 Å². The minimum absolute atomic E-state index is 0.00739. The number of carboxylic acid groups (broad SMARTS) is 1. The van der Waals surface area contributed by atoms with Crippen LogP contribution in [0.4, 0.5) is 10.8 Å². The lowest BCUT2D eigenvalue weighted by atomic mass is 10.1. The molecule has 1 aromatic carbocycles. The van der Waals surface area contributed by atoms with E-state index in [9.17, 15) is 20.0 Å². The molecule has 2 aromatic rings. The highest BCUT2D eigenvalue weighted by Crippen LogP contribution is 2.28. The highest BCUT2D eigenvalue weighted by molar-refractivity contribution is 7.14. The van der Waals surface area contributed by atoms with Crippen molar-refractivity contribution in [2.45, 2.75) is 12.8 Å². The quantitative estimate of drug-likeness (QED) is 0.568. The number of anilines is 1. The summed E-state index contributed by atoms with van der Waals surface area (Å²) in [6, 6.07) is 6.30. The monoisotopic (exact) mass is 320 g/mol.